The largest absolute Gasteiger partial charge is 0.497 e. The summed E-state index contributed by atoms with van der Waals surface area (Å²) < 4.78 is 7.17. The Bertz CT molecular complexity index is 1010. The Kier molecular flexibility index (Phi) is 7.59. The maximum atomic E-state index is 12.3. The van der Waals surface area contributed by atoms with E-state index >= 15 is 0 Å². The summed E-state index contributed by atoms with van der Waals surface area (Å²) >= 11 is 7.47. The van der Waals surface area contributed by atoms with E-state index in [0.29, 0.717) is 29.0 Å². The Labute approximate surface area is 185 Å². The topological polar surface area (TPSA) is 81.1 Å². The van der Waals surface area contributed by atoms with Gasteiger partial charge in [0.15, 0.2) is 11.0 Å². The van der Waals surface area contributed by atoms with Crippen LogP contribution in [0.5, 0.6) is 5.75 Å². The maximum absolute atomic E-state index is 12.3. The summed E-state index contributed by atoms with van der Waals surface area (Å²) in [5.41, 5.74) is 2.61. The monoisotopic (exact) mass is 445 g/mol. The Morgan fingerprint density at radius 1 is 1.17 bits per heavy atom. The van der Waals surface area contributed by atoms with Crippen LogP contribution in [0.2, 0.25) is 5.02 Å². The molecule has 9 heteroatoms. The van der Waals surface area contributed by atoms with Crippen molar-refractivity contribution in [2.24, 2.45) is 0 Å². The predicted octanol–water partition coefficient (Wildman–Crippen LogP) is 4.61. The fourth-order valence-electron chi connectivity index (χ4n) is 2.76. The lowest BCUT2D eigenvalue weighted by atomic mass is 10.2. The van der Waals surface area contributed by atoms with E-state index in [4.69, 9.17) is 16.3 Å². The summed E-state index contributed by atoms with van der Waals surface area (Å²) in [5, 5.41) is 16.0. The van der Waals surface area contributed by atoms with Crippen molar-refractivity contribution in [3.05, 3.63) is 58.9 Å². The highest BCUT2D eigenvalue weighted by Gasteiger charge is 2.13. The number of carbonyl (C=O) groups excluding carboxylic acids is 1. The summed E-state index contributed by atoms with van der Waals surface area (Å²) in [6.07, 6.45) is 0. The molecule has 0 aliphatic rings. The molecular formula is C21H24ClN5O2S. The van der Waals surface area contributed by atoms with Crippen LogP contribution < -0.4 is 15.4 Å². The van der Waals surface area contributed by atoms with Crippen molar-refractivity contribution in [2.45, 2.75) is 32.1 Å². The summed E-state index contributed by atoms with van der Waals surface area (Å²) in [5.74, 6) is 1.72. The van der Waals surface area contributed by atoms with Crippen molar-refractivity contribution in [1.82, 2.24) is 14.8 Å². The first-order chi connectivity index (χ1) is 14.5. The number of nitrogens with zero attached hydrogens (tertiary/aromatic N) is 3. The van der Waals surface area contributed by atoms with Gasteiger partial charge in [0.1, 0.15) is 5.75 Å². The van der Waals surface area contributed by atoms with Crippen molar-refractivity contribution < 1.29 is 9.53 Å². The molecule has 0 saturated heterocycles. The van der Waals surface area contributed by atoms with Gasteiger partial charge in [0.05, 0.1) is 19.4 Å². The highest BCUT2D eigenvalue weighted by molar-refractivity contribution is 7.99. The minimum absolute atomic E-state index is 0.122. The molecule has 0 atom stereocenters. The number of halogens is 1. The number of methoxy groups -OCH3 is 1. The zero-order valence-corrected chi connectivity index (χ0v) is 18.7. The Balaban J connectivity index is 1.56. The van der Waals surface area contributed by atoms with Crippen molar-refractivity contribution in [2.75, 3.05) is 23.5 Å². The van der Waals surface area contributed by atoms with Crippen molar-refractivity contribution in [3.8, 4) is 5.75 Å². The molecule has 7 nitrogen and oxygen atoms in total. The van der Waals surface area contributed by atoms with Gasteiger partial charge in [-0.2, -0.15) is 0 Å². The van der Waals surface area contributed by atoms with Gasteiger partial charge in [-0.25, -0.2) is 0 Å². The van der Waals surface area contributed by atoms with Crippen molar-refractivity contribution in [3.63, 3.8) is 0 Å². The molecule has 158 valence electrons. The third-order valence-corrected chi connectivity index (χ3v) is 5.81. The lowest BCUT2D eigenvalue weighted by molar-refractivity contribution is -0.113. The minimum atomic E-state index is -0.122. The average molecular weight is 446 g/mol. The molecule has 3 aromatic rings. The molecule has 1 heterocycles. The van der Waals surface area contributed by atoms with Crippen LogP contribution in [0.25, 0.3) is 0 Å². The number of anilines is 2. The van der Waals surface area contributed by atoms with Crippen LogP contribution in [0, 0.1) is 6.92 Å². The summed E-state index contributed by atoms with van der Waals surface area (Å²) in [7, 11) is 1.64. The first kappa shape index (κ1) is 22.0. The highest BCUT2D eigenvalue weighted by atomic mass is 35.5. The molecule has 1 amide bonds. The molecule has 0 unspecified atom stereocenters. The van der Waals surface area contributed by atoms with E-state index in [-0.39, 0.29) is 11.7 Å². The van der Waals surface area contributed by atoms with E-state index in [2.05, 4.69) is 20.8 Å². The Hall–Kier alpha value is -2.71. The third-order valence-electron chi connectivity index (χ3n) is 4.44. The van der Waals surface area contributed by atoms with E-state index < -0.39 is 0 Å². The van der Waals surface area contributed by atoms with Gasteiger partial charge in [-0.1, -0.05) is 29.4 Å². The average Bonchev–Trinajstić information content (AvgIpc) is 3.15. The number of aryl methyl sites for hydroxylation is 1. The van der Waals surface area contributed by atoms with Crippen LogP contribution in [0.15, 0.2) is 47.6 Å². The Morgan fingerprint density at radius 2 is 1.90 bits per heavy atom. The molecule has 2 aromatic carbocycles. The van der Waals surface area contributed by atoms with Gasteiger partial charge in [0.25, 0.3) is 0 Å². The third kappa shape index (κ3) is 5.67. The second-order valence-corrected chi connectivity index (χ2v) is 7.88. The molecule has 0 spiro atoms. The molecule has 0 bridgehead atoms. The van der Waals surface area contributed by atoms with E-state index in [1.165, 1.54) is 11.8 Å². The molecule has 0 aliphatic heterocycles. The summed E-state index contributed by atoms with van der Waals surface area (Å²) in [6.45, 7) is 5.19. The Morgan fingerprint density at radius 3 is 2.57 bits per heavy atom. The fraction of sp³-hybridized carbons (Fsp3) is 0.286. The first-order valence-corrected chi connectivity index (χ1v) is 10.8. The van der Waals surface area contributed by atoms with Crippen molar-refractivity contribution in [1.29, 1.82) is 0 Å². The first-order valence-electron chi connectivity index (χ1n) is 9.49. The number of amides is 1. The molecular weight excluding hydrogens is 422 g/mol. The van der Waals surface area contributed by atoms with Gasteiger partial charge in [-0.05, 0) is 55.8 Å². The molecule has 0 saturated carbocycles. The van der Waals surface area contributed by atoms with Crippen LogP contribution >= 0.6 is 23.4 Å². The molecule has 3 rings (SSSR count). The number of thioether (sulfide) groups is 1. The lowest BCUT2D eigenvalue weighted by Gasteiger charge is -2.10. The number of hydrogen-bond donors (Lipinski definition) is 2. The number of rotatable bonds is 9. The maximum Gasteiger partial charge on any atom is 0.234 e. The van der Waals surface area contributed by atoms with Crippen LogP contribution in [-0.2, 0) is 17.9 Å². The van der Waals surface area contributed by atoms with E-state index in [0.717, 1.165) is 22.8 Å². The summed E-state index contributed by atoms with van der Waals surface area (Å²) in [6, 6.07) is 13.1. The lowest BCUT2D eigenvalue weighted by Crippen LogP contribution is -2.15. The van der Waals surface area contributed by atoms with Gasteiger partial charge < -0.3 is 19.9 Å². The standard InChI is InChI=1S/C21H24ClN5O2S/c1-4-27-19(12-23-15-7-9-17(29-3)10-8-15)25-26-21(27)30-13-20(28)24-16-6-5-14(2)18(22)11-16/h5-11,23H,4,12-13H2,1-3H3,(H,24,28). The number of aromatic nitrogens is 3. The van der Waals surface area contributed by atoms with Crippen molar-refractivity contribution >= 4 is 40.6 Å². The van der Waals surface area contributed by atoms with Gasteiger partial charge >= 0.3 is 0 Å². The molecule has 1 aromatic heterocycles. The zero-order valence-electron chi connectivity index (χ0n) is 17.1. The minimum Gasteiger partial charge on any atom is -0.497 e. The summed E-state index contributed by atoms with van der Waals surface area (Å²) in [4.78, 5) is 12.3. The molecule has 0 aliphatic carbocycles. The SMILES string of the molecule is CCn1c(CNc2ccc(OC)cc2)nnc1SCC(=O)Nc1ccc(C)c(Cl)c1. The van der Waals surface area contributed by atoms with E-state index in [1.807, 2.05) is 54.8 Å². The van der Waals surface area contributed by atoms with Crippen LogP contribution in [0.1, 0.15) is 18.3 Å². The van der Waals surface area contributed by atoms with Crippen LogP contribution in [0.3, 0.4) is 0 Å². The number of ether oxygens (including phenoxy) is 1. The van der Waals surface area contributed by atoms with Gasteiger partial charge in [0.2, 0.25) is 5.91 Å². The van der Waals surface area contributed by atoms with Crippen LogP contribution in [0.4, 0.5) is 11.4 Å². The number of benzene rings is 2. The highest BCUT2D eigenvalue weighted by Crippen LogP contribution is 2.22. The second kappa shape index (κ2) is 10.4. The fourth-order valence-corrected chi connectivity index (χ4v) is 3.76. The second-order valence-electron chi connectivity index (χ2n) is 6.53. The normalized spacial score (nSPS) is 10.7. The number of carbonyl (C=O) groups is 1. The van der Waals surface area contributed by atoms with E-state index in [9.17, 15) is 4.79 Å². The van der Waals surface area contributed by atoms with E-state index in [1.54, 1.807) is 13.2 Å². The smallest absolute Gasteiger partial charge is 0.234 e. The zero-order chi connectivity index (χ0) is 21.5. The number of nitrogens with one attached hydrogen (secondary N) is 2. The van der Waals surface area contributed by atoms with Gasteiger partial charge in [-0.15, -0.1) is 10.2 Å². The molecule has 30 heavy (non-hydrogen) atoms. The van der Waals surface area contributed by atoms with Crippen LogP contribution in [-0.4, -0.2) is 33.5 Å². The number of hydrogen-bond acceptors (Lipinski definition) is 6. The predicted molar refractivity (Wildman–Crippen MR) is 122 cm³/mol. The van der Waals surface area contributed by atoms with Gasteiger partial charge in [-0.3, -0.25) is 4.79 Å². The quantitative estimate of drug-likeness (QED) is 0.468. The molecule has 2 N–H and O–H groups in total. The molecule has 0 radical (unpaired) electrons. The van der Waals surface area contributed by atoms with Gasteiger partial charge in [0, 0.05) is 22.9 Å². The molecule has 0 fully saturated rings.